The highest BCUT2D eigenvalue weighted by Gasteiger charge is 2.12. The molecule has 26 heavy (non-hydrogen) atoms. The van der Waals surface area contributed by atoms with E-state index in [1.54, 1.807) is 26.2 Å². The van der Waals surface area contributed by atoms with Crippen molar-refractivity contribution in [2.24, 2.45) is 0 Å². The van der Waals surface area contributed by atoms with Gasteiger partial charge in [0.2, 0.25) is 0 Å². The van der Waals surface area contributed by atoms with Gasteiger partial charge in [0.05, 0.1) is 18.7 Å². The number of likely N-dealkylation sites (N-methyl/N-ethyl adjacent to an activating group) is 1. The van der Waals surface area contributed by atoms with Gasteiger partial charge in [-0.15, -0.1) is 0 Å². The molecule has 0 heterocycles. The highest BCUT2D eigenvalue weighted by atomic mass is 79.9. The van der Waals surface area contributed by atoms with Crippen molar-refractivity contribution in [3.8, 4) is 17.2 Å². The zero-order chi connectivity index (χ0) is 19.1. The maximum Gasteiger partial charge on any atom is 0.260 e. The molecule has 0 atom stereocenters. The maximum absolute atomic E-state index is 13.1. The van der Waals surface area contributed by atoms with E-state index in [2.05, 4.69) is 15.9 Å². The van der Waals surface area contributed by atoms with Gasteiger partial charge in [-0.2, -0.15) is 0 Å². The number of benzene rings is 2. The van der Waals surface area contributed by atoms with E-state index in [1.165, 1.54) is 18.2 Å². The number of hydrogen-bond donors (Lipinski definition) is 0. The zero-order valence-corrected chi connectivity index (χ0v) is 16.5. The molecular formula is C19H21BrFNO4. The second-order valence-corrected chi connectivity index (χ2v) is 6.47. The van der Waals surface area contributed by atoms with Gasteiger partial charge in [-0.05, 0) is 58.2 Å². The van der Waals surface area contributed by atoms with E-state index in [9.17, 15) is 9.18 Å². The monoisotopic (exact) mass is 425 g/mol. The number of carbonyl (C=O) groups is 1. The molecule has 1 amide bonds. The van der Waals surface area contributed by atoms with Crippen molar-refractivity contribution in [2.45, 2.75) is 6.42 Å². The fraction of sp³-hybridized carbons (Fsp3) is 0.316. The van der Waals surface area contributed by atoms with E-state index in [-0.39, 0.29) is 18.3 Å². The fourth-order valence-electron chi connectivity index (χ4n) is 2.30. The van der Waals surface area contributed by atoms with Crippen LogP contribution in [0.25, 0.3) is 0 Å². The first kappa shape index (κ1) is 20.0. The first-order valence-corrected chi connectivity index (χ1v) is 8.76. The van der Waals surface area contributed by atoms with Gasteiger partial charge in [0.15, 0.2) is 18.1 Å². The Bertz CT molecular complexity index is 769. The summed E-state index contributed by atoms with van der Waals surface area (Å²) in [5.74, 6) is 1.21. The SMILES string of the molecule is COc1ccc(CCN(C)C(=O)COc2ccc(F)cc2Br)cc1OC. The predicted molar refractivity (Wildman–Crippen MR) is 100 cm³/mol. The molecule has 0 aliphatic rings. The number of carbonyl (C=O) groups excluding carboxylic acids is 1. The van der Waals surface area contributed by atoms with Crippen LogP contribution in [-0.4, -0.2) is 45.2 Å². The Morgan fingerprint density at radius 3 is 2.42 bits per heavy atom. The maximum atomic E-state index is 13.1. The van der Waals surface area contributed by atoms with E-state index >= 15 is 0 Å². The summed E-state index contributed by atoms with van der Waals surface area (Å²) in [6.07, 6.45) is 0.669. The van der Waals surface area contributed by atoms with Crippen LogP contribution < -0.4 is 14.2 Å². The van der Waals surface area contributed by atoms with Crippen LogP contribution in [0.1, 0.15) is 5.56 Å². The van der Waals surface area contributed by atoms with Crippen molar-refractivity contribution in [1.29, 1.82) is 0 Å². The molecule has 5 nitrogen and oxygen atoms in total. The molecular weight excluding hydrogens is 405 g/mol. The fourth-order valence-corrected chi connectivity index (χ4v) is 2.76. The number of methoxy groups -OCH3 is 2. The topological polar surface area (TPSA) is 48.0 Å². The van der Waals surface area contributed by atoms with Gasteiger partial charge >= 0.3 is 0 Å². The number of rotatable bonds is 8. The largest absolute Gasteiger partial charge is 0.493 e. The highest BCUT2D eigenvalue weighted by Crippen LogP contribution is 2.28. The van der Waals surface area contributed by atoms with Crippen LogP contribution in [0.2, 0.25) is 0 Å². The first-order chi connectivity index (χ1) is 12.4. The van der Waals surface area contributed by atoms with Crippen molar-refractivity contribution in [3.63, 3.8) is 0 Å². The summed E-state index contributed by atoms with van der Waals surface area (Å²) in [5, 5.41) is 0. The summed E-state index contributed by atoms with van der Waals surface area (Å²) in [7, 11) is 4.89. The molecule has 0 spiro atoms. The van der Waals surface area contributed by atoms with Crippen LogP contribution in [0.15, 0.2) is 40.9 Å². The molecule has 2 rings (SSSR count). The van der Waals surface area contributed by atoms with Crippen molar-refractivity contribution in [1.82, 2.24) is 4.90 Å². The smallest absolute Gasteiger partial charge is 0.260 e. The molecule has 0 unspecified atom stereocenters. The number of hydrogen-bond acceptors (Lipinski definition) is 4. The summed E-state index contributed by atoms with van der Waals surface area (Å²) in [6, 6.07) is 9.72. The Hall–Kier alpha value is -2.28. The second-order valence-electron chi connectivity index (χ2n) is 5.62. The van der Waals surface area contributed by atoms with Crippen LogP contribution >= 0.6 is 15.9 Å². The van der Waals surface area contributed by atoms with Crippen molar-refractivity contribution >= 4 is 21.8 Å². The van der Waals surface area contributed by atoms with Crippen LogP contribution in [-0.2, 0) is 11.2 Å². The lowest BCUT2D eigenvalue weighted by Crippen LogP contribution is -2.33. The molecule has 0 aliphatic carbocycles. The zero-order valence-electron chi connectivity index (χ0n) is 14.9. The summed E-state index contributed by atoms with van der Waals surface area (Å²) >= 11 is 3.21. The van der Waals surface area contributed by atoms with Gasteiger partial charge in [-0.3, -0.25) is 4.79 Å². The van der Waals surface area contributed by atoms with E-state index in [4.69, 9.17) is 14.2 Å². The Kier molecular flexibility index (Phi) is 7.26. The van der Waals surface area contributed by atoms with E-state index in [0.717, 1.165) is 5.56 Å². The first-order valence-electron chi connectivity index (χ1n) is 7.97. The molecule has 140 valence electrons. The van der Waals surface area contributed by atoms with Gasteiger partial charge in [-0.25, -0.2) is 4.39 Å². The molecule has 0 bridgehead atoms. The Morgan fingerprint density at radius 1 is 1.08 bits per heavy atom. The summed E-state index contributed by atoms with van der Waals surface area (Å²) in [6.45, 7) is 0.412. The van der Waals surface area contributed by atoms with Crippen LogP contribution in [0, 0.1) is 5.82 Å². The highest BCUT2D eigenvalue weighted by molar-refractivity contribution is 9.10. The average molecular weight is 426 g/mol. The van der Waals surface area contributed by atoms with Crippen LogP contribution in [0.3, 0.4) is 0 Å². The number of nitrogens with zero attached hydrogens (tertiary/aromatic N) is 1. The average Bonchev–Trinajstić information content (AvgIpc) is 2.64. The number of halogens is 2. The standard InChI is InChI=1S/C19H21BrFNO4/c1-22(9-8-13-4-6-17(24-2)18(10-13)25-3)19(23)12-26-16-7-5-14(21)11-15(16)20/h4-7,10-11H,8-9,12H2,1-3H3. The summed E-state index contributed by atoms with van der Waals surface area (Å²) in [4.78, 5) is 13.8. The molecule has 0 aliphatic heterocycles. The molecule has 0 saturated heterocycles. The summed E-state index contributed by atoms with van der Waals surface area (Å²) in [5.41, 5.74) is 1.03. The lowest BCUT2D eigenvalue weighted by Gasteiger charge is -2.18. The molecule has 0 N–H and O–H groups in total. The molecule has 0 fully saturated rings. The van der Waals surface area contributed by atoms with Crippen LogP contribution in [0.4, 0.5) is 4.39 Å². The number of ether oxygens (including phenoxy) is 3. The minimum atomic E-state index is -0.373. The van der Waals surface area contributed by atoms with Gasteiger partial charge in [-0.1, -0.05) is 6.07 Å². The molecule has 0 saturated carbocycles. The van der Waals surface area contributed by atoms with Crippen molar-refractivity contribution < 1.29 is 23.4 Å². The third kappa shape index (κ3) is 5.36. The minimum Gasteiger partial charge on any atom is -0.493 e. The third-order valence-corrected chi connectivity index (χ3v) is 4.47. The summed E-state index contributed by atoms with van der Waals surface area (Å²) < 4.78 is 29.5. The molecule has 0 radical (unpaired) electrons. The van der Waals surface area contributed by atoms with Crippen molar-refractivity contribution in [2.75, 3.05) is 34.4 Å². The van der Waals surface area contributed by atoms with Crippen molar-refractivity contribution in [3.05, 3.63) is 52.3 Å². The van der Waals surface area contributed by atoms with Gasteiger partial charge in [0.1, 0.15) is 11.6 Å². The van der Waals surface area contributed by atoms with Gasteiger partial charge in [0.25, 0.3) is 5.91 Å². The van der Waals surface area contributed by atoms with Gasteiger partial charge in [0, 0.05) is 13.6 Å². The van der Waals surface area contributed by atoms with E-state index in [0.29, 0.717) is 34.7 Å². The lowest BCUT2D eigenvalue weighted by molar-refractivity contribution is -0.132. The molecule has 2 aromatic rings. The predicted octanol–water partition coefficient (Wildman–Crippen LogP) is 3.69. The third-order valence-electron chi connectivity index (χ3n) is 3.85. The van der Waals surface area contributed by atoms with E-state index in [1.807, 2.05) is 18.2 Å². The quantitative estimate of drug-likeness (QED) is 0.646. The van der Waals surface area contributed by atoms with E-state index < -0.39 is 0 Å². The molecule has 2 aromatic carbocycles. The number of amides is 1. The molecule has 7 heteroatoms. The minimum absolute atomic E-state index is 0.118. The second kappa shape index (κ2) is 9.43. The Labute approximate surface area is 160 Å². The lowest BCUT2D eigenvalue weighted by atomic mass is 10.1. The Morgan fingerprint density at radius 2 is 1.77 bits per heavy atom. The Balaban J connectivity index is 1.87. The van der Waals surface area contributed by atoms with Crippen LogP contribution in [0.5, 0.6) is 17.2 Å². The molecule has 0 aromatic heterocycles. The normalized spacial score (nSPS) is 10.3. The van der Waals surface area contributed by atoms with Gasteiger partial charge < -0.3 is 19.1 Å².